The average molecular weight is 370 g/mol. The molecule has 3 atom stereocenters. The molecule has 146 valence electrons. The van der Waals surface area contributed by atoms with Gasteiger partial charge < -0.3 is 10.4 Å². The van der Waals surface area contributed by atoms with E-state index in [0.717, 1.165) is 19.3 Å². The summed E-state index contributed by atoms with van der Waals surface area (Å²) in [4.78, 5) is 25.0. The molecule has 0 unspecified atom stereocenters. The maximum atomic E-state index is 13.4. The van der Waals surface area contributed by atoms with Gasteiger partial charge in [0.05, 0.1) is 5.41 Å². The molecule has 4 aliphatic rings. The normalized spacial score (nSPS) is 35.3. The molecule has 0 heterocycles. The van der Waals surface area contributed by atoms with E-state index in [-0.39, 0.29) is 17.2 Å². The van der Waals surface area contributed by atoms with E-state index in [0.29, 0.717) is 11.8 Å². The first-order valence-electron chi connectivity index (χ1n) is 10.3. The summed E-state index contributed by atoms with van der Waals surface area (Å²) in [5.41, 5.74) is 2.33. The average Bonchev–Trinajstić information content (AvgIpc) is 2.58. The summed E-state index contributed by atoms with van der Waals surface area (Å²) in [5.74, 6) is 0.0956. The zero-order chi connectivity index (χ0) is 19.4. The number of amides is 1. The van der Waals surface area contributed by atoms with Crippen LogP contribution >= 0.6 is 0 Å². The Kier molecular flexibility index (Phi) is 4.36. The van der Waals surface area contributed by atoms with Crippen molar-refractivity contribution in [3.05, 3.63) is 35.4 Å². The molecule has 4 fully saturated rings. The van der Waals surface area contributed by atoms with Crippen LogP contribution in [0.2, 0.25) is 0 Å². The van der Waals surface area contributed by atoms with Crippen molar-refractivity contribution in [1.82, 2.24) is 5.32 Å². The van der Waals surface area contributed by atoms with Gasteiger partial charge in [0.15, 0.2) is 0 Å². The minimum atomic E-state index is -0.934. The number of nitrogens with one attached hydrogen (secondary N) is 1. The molecule has 0 radical (unpaired) electrons. The zero-order valence-electron chi connectivity index (χ0n) is 16.6. The maximum absolute atomic E-state index is 13.4. The van der Waals surface area contributed by atoms with E-state index in [1.54, 1.807) is 0 Å². The number of hydrogen-bond donors (Lipinski definition) is 2. The summed E-state index contributed by atoms with van der Waals surface area (Å²) in [5, 5.41) is 12.4. The maximum Gasteiger partial charge on any atom is 0.326 e. The highest BCUT2D eigenvalue weighted by Gasteiger charge is 2.61. The second kappa shape index (κ2) is 6.35. The van der Waals surface area contributed by atoms with Gasteiger partial charge in [0.25, 0.3) is 0 Å². The van der Waals surface area contributed by atoms with Crippen molar-refractivity contribution < 1.29 is 14.7 Å². The Morgan fingerprint density at radius 1 is 1.07 bits per heavy atom. The van der Waals surface area contributed by atoms with Gasteiger partial charge in [0, 0.05) is 0 Å². The molecule has 4 heteroatoms. The number of hydrogen-bond acceptors (Lipinski definition) is 2. The first-order valence-corrected chi connectivity index (χ1v) is 10.3. The van der Waals surface area contributed by atoms with Crippen molar-refractivity contribution >= 4 is 11.9 Å². The third-order valence-corrected chi connectivity index (χ3v) is 7.43. The van der Waals surface area contributed by atoms with Crippen molar-refractivity contribution in [2.75, 3.05) is 0 Å². The van der Waals surface area contributed by atoms with Gasteiger partial charge in [-0.05, 0) is 74.2 Å². The number of aliphatic carboxylic acids is 1. The molecule has 0 aromatic heterocycles. The molecule has 4 bridgehead atoms. The van der Waals surface area contributed by atoms with Gasteiger partial charge in [-0.1, -0.05) is 43.7 Å². The Labute approximate surface area is 161 Å². The molecule has 5 rings (SSSR count). The summed E-state index contributed by atoms with van der Waals surface area (Å²) in [6.45, 7) is 5.81. The fourth-order valence-electron chi connectivity index (χ4n) is 6.58. The predicted molar refractivity (Wildman–Crippen MR) is 104 cm³/mol. The summed E-state index contributed by atoms with van der Waals surface area (Å²) in [6, 6.07) is 8.06. The van der Waals surface area contributed by atoms with Crippen LogP contribution in [0.5, 0.6) is 0 Å². The first-order chi connectivity index (χ1) is 12.7. The number of carbonyl (C=O) groups is 2. The molecule has 0 spiro atoms. The van der Waals surface area contributed by atoms with Gasteiger partial charge in [-0.2, -0.15) is 0 Å². The molecule has 4 saturated carbocycles. The van der Waals surface area contributed by atoms with Crippen LogP contribution in [0.1, 0.15) is 63.5 Å². The van der Waals surface area contributed by atoms with Crippen LogP contribution in [0.25, 0.3) is 0 Å². The van der Waals surface area contributed by atoms with Crippen LogP contribution in [0.15, 0.2) is 24.3 Å². The summed E-state index contributed by atoms with van der Waals surface area (Å²) < 4.78 is 0. The van der Waals surface area contributed by atoms with Gasteiger partial charge in [-0.15, -0.1) is 0 Å². The lowest BCUT2D eigenvalue weighted by molar-refractivity contribution is -0.154. The largest absolute Gasteiger partial charge is 0.480 e. The molecule has 1 aromatic rings. The lowest BCUT2D eigenvalue weighted by Crippen LogP contribution is -2.61. The van der Waals surface area contributed by atoms with Crippen LogP contribution in [0.4, 0.5) is 0 Å². The quantitative estimate of drug-likeness (QED) is 0.822. The lowest BCUT2D eigenvalue weighted by atomic mass is 9.42. The van der Waals surface area contributed by atoms with Gasteiger partial charge in [-0.3, -0.25) is 4.79 Å². The van der Waals surface area contributed by atoms with Crippen LogP contribution in [0.3, 0.4) is 0 Å². The highest BCUT2D eigenvalue weighted by molar-refractivity contribution is 5.88. The second-order valence-electron chi connectivity index (χ2n) is 9.92. The summed E-state index contributed by atoms with van der Waals surface area (Å²) >= 11 is 0. The van der Waals surface area contributed by atoms with E-state index in [4.69, 9.17) is 0 Å². The van der Waals surface area contributed by atoms with E-state index in [1.807, 2.05) is 13.8 Å². The van der Waals surface area contributed by atoms with Crippen molar-refractivity contribution in [3.8, 4) is 0 Å². The summed E-state index contributed by atoms with van der Waals surface area (Å²) in [6.07, 6.45) is 6.30. The monoisotopic (exact) mass is 369 g/mol. The highest BCUT2D eigenvalue weighted by Crippen LogP contribution is 2.65. The first kappa shape index (κ1) is 18.5. The molecular weight excluding hydrogens is 338 g/mol. The Balaban J connectivity index is 1.64. The lowest BCUT2D eigenvalue weighted by Gasteiger charge is -2.61. The number of carboxylic acids is 1. The topological polar surface area (TPSA) is 66.4 Å². The van der Waals surface area contributed by atoms with Crippen LogP contribution in [-0.2, 0) is 15.0 Å². The molecule has 1 amide bonds. The zero-order valence-corrected chi connectivity index (χ0v) is 16.6. The van der Waals surface area contributed by atoms with E-state index in [1.165, 1.54) is 30.4 Å². The third-order valence-electron chi connectivity index (χ3n) is 7.43. The van der Waals surface area contributed by atoms with E-state index in [2.05, 4.69) is 36.5 Å². The van der Waals surface area contributed by atoms with Gasteiger partial charge in [-0.25, -0.2) is 4.79 Å². The van der Waals surface area contributed by atoms with Crippen LogP contribution in [0, 0.1) is 30.1 Å². The van der Waals surface area contributed by atoms with Gasteiger partial charge in [0.2, 0.25) is 5.91 Å². The molecule has 4 nitrogen and oxygen atoms in total. The molecule has 1 aromatic carbocycles. The molecule has 27 heavy (non-hydrogen) atoms. The number of rotatable bonds is 5. The fourth-order valence-corrected chi connectivity index (χ4v) is 6.58. The predicted octanol–water partition coefficient (Wildman–Crippen LogP) is 4.06. The van der Waals surface area contributed by atoms with Crippen LogP contribution in [-0.4, -0.2) is 23.0 Å². The molecule has 4 aliphatic carbocycles. The van der Waals surface area contributed by atoms with E-state index in [9.17, 15) is 14.7 Å². The van der Waals surface area contributed by atoms with Crippen molar-refractivity contribution in [3.63, 3.8) is 0 Å². The minimum absolute atomic E-state index is 0.0193. The van der Waals surface area contributed by atoms with E-state index >= 15 is 0 Å². The molecule has 2 N–H and O–H groups in total. The Bertz CT molecular complexity index is 737. The Morgan fingerprint density at radius 3 is 2.19 bits per heavy atom. The SMILES string of the molecule is Cc1ccc(C23C[C@@H]4C[C@H](CC(C(=O)N[C@@H](C(=O)O)C(C)C)(C4)C2)C3)cc1. The molecular formula is C23H31NO3. The standard InChI is InChI=1S/C23H31NO3/c1-14(2)19(20(25)26)24-21(27)23-11-16-8-17(12-23)10-22(9-16,13-23)18-6-4-15(3)5-7-18/h4-7,14,16-17,19H,8-13H2,1-3H3,(H,24,27)(H,25,26)/t16-,17-,19+,22?,23?/m0/s1. The second-order valence-corrected chi connectivity index (χ2v) is 9.92. The Hall–Kier alpha value is -1.84. The van der Waals surface area contributed by atoms with Crippen molar-refractivity contribution in [2.45, 2.75) is 70.8 Å². The number of carboxylic acid groups (broad SMARTS) is 1. The summed E-state index contributed by atoms with van der Waals surface area (Å²) in [7, 11) is 0. The minimum Gasteiger partial charge on any atom is -0.480 e. The number of aryl methyl sites for hydroxylation is 1. The van der Waals surface area contributed by atoms with Crippen molar-refractivity contribution in [2.24, 2.45) is 23.2 Å². The van der Waals surface area contributed by atoms with Gasteiger partial charge in [0.1, 0.15) is 6.04 Å². The van der Waals surface area contributed by atoms with Crippen molar-refractivity contribution in [1.29, 1.82) is 0 Å². The smallest absolute Gasteiger partial charge is 0.326 e. The fraction of sp³-hybridized carbons (Fsp3) is 0.652. The van der Waals surface area contributed by atoms with Gasteiger partial charge >= 0.3 is 5.97 Å². The van der Waals surface area contributed by atoms with Crippen LogP contribution < -0.4 is 5.32 Å². The van der Waals surface area contributed by atoms with E-state index < -0.39 is 17.4 Å². The third kappa shape index (κ3) is 3.07. The number of carbonyl (C=O) groups excluding carboxylic acids is 1. The highest BCUT2D eigenvalue weighted by atomic mass is 16.4. The molecule has 0 aliphatic heterocycles. The Morgan fingerprint density at radius 2 is 1.67 bits per heavy atom. The number of benzene rings is 1. The molecule has 0 saturated heterocycles.